The van der Waals surface area contributed by atoms with Crippen LogP contribution in [0.5, 0.6) is 0 Å². The Hall–Kier alpha value is -3.15. The molecule has 29 heavy (non-hydrogen) atoms. The smallest absolute Gasteiger partial charge is 0.295 e. The van der Waals surface area contributed by atoms with E-state index in [1.165, 1.54) is 0 Å². The minimum Gasteiger partial charge on any atom is -0.319 e. The Balaban J connectivity index is 1.80. The summed E-state index contributed by atoms with van der Waals surface area (Å²) in [6.45, 7) is 1.99. The van der Waals surface area contributed by atoms with Crippen molar-refractivity contribution in [3.05, 3.63) is 94.2 Å². The van der Waals surface area contributed by atoms with Crippen molar-refractivity contribution in [2.24, 2.45) is 0 Å². The predicted molar refractivity (Wildman–Crippen MR) is 116 cm³/mol. The normalized spacial score (nSPS) is 10.7. The van der Waals surface area contributed by atoms with Gasteiger partial charge in [-0.3, -0.25) is 4.79 Å². The molecule has 5 nitrogen and oxygen atoms in total. The highest BCUT2D eigenvalue weighted by Gasteiger charge is 2.19. The Morgan fingerprint density at radius 1 is 0.931 bits per heavy atom. The van der Waals surface area contributed by atoms with Gasteiger partial charge in [0.1, 0.15) is 0 Å². The molecular weight excluding hydrogens is 407 g/mol. The molecule has 3 aromatic carbocycles. The van der Waals surface area contributed by atoms with Crippen molar-refractivity contribution in [3.63, 3.8) is 0 Å². The van der Waals surface area contributed by atoms with Crippen LogP contribution in [0.4, 0.5) is 5.69 Å². The molecule has 4 aromatic rings. The number of nitrogens with zero attached hydrogens (tertiary/aromatic N) is 3. The molecule has 0 fully saturated rings. The van der Waals surface area contributed by atoms with Crippen LogP contribution in [0.15, 0.2) is 72.8 Å². The summed E-state index contributed by atoms with van der Waals surface area (Å²) >= 11 is 12.2. The highest BCUT2D eigenvalue weighted by molar-refractivity contribution is 6.42. The van der Waals surface area contributed by atoms with Gasteiger partial charge in [-0.15, -0.1) is 5.10 Å². The largest absolute Gasteiger partial charge is 0.319 e. The summed E-state index contributed by atoms with van der Waals surface area (Å²) in [6.07, 6.45) is 0. The lowest BCUT2D eigenvalue weighted by molar-refractivity contribution is 0.101. The van der Waals surface area contributed by atoms with Crippen LogP contribution in [-0.4, -0.2) is 20.7 Å². The predicted octanol–water partition coefficient (Wildman–Crippen LogP) is 5.80. The van der Waals surface area contributed by atoms with Crippen molar-refractivity contribution >= 4 is 34.8 Å². The number of hydrogen-bond donors (Lipinski definition) is 1. The van der Waals surface area contributed by atoms with Gasteiger partial charge in [-0.2, -0.15) is 0 Å². The van der Waals surface area contributed by atoms with Gasteiger partial charge in [0.05, 0.1) is 15.7 Å². The number of carbonyl (C=O) groups excluding carboxylic acids is 1. The third-order valence-electron chi connectivity index (χ3n) is 4.27. The average Bonchev–Trinajstić information content (AvgIpc) is 3.16. The number of amides is 1. The van der Waals surface area contributed by atoms with Crippen LogP contribution >= 0.6 is 23.2 Å². The lowest BCUT2D eigenvalue weighted by Gasteiger charge is -2.07. The molecule has 1 amide bonds. The first-order valence-electron chi connectivity index (χ1n) is 8.87. The van der Waals surface area contributed by atoms with Crippen LogP contribution in [0.2, 0.25) is 10.0 Å². The van der Waals surface area contributed by atoms with Crippen molar-refractivity contribution < 1.29 is 4.79 Å². The fourth-order valence-corrected chi connectivity index (χ4v) is 3.18. The van der Waals surface area contributed by atoms with E-state index in [1.54, 1.807) is 35.0 Å². The second-order valence-electron chi connectivity index (χ2n) is 6.46. The Kier molecular flexibility index (Phi) is 5.34. The van der Waals surface area contributed by atoms with Gasteiger partial charge in [0.25, 0.3) is 5.91 Å². The molecule has 0 aliphatic rings. The highest BCUT2D eigenvalue weighted by Crippen LogP contribution is 2.27. The molecule has 0 saturated heterocycles. The van der Waals surface area contributed by atoms with E-state index in [2.05, 4.69) is 15.4 Å². The summed E-state index contributed by atoms with van der Waals surface area (Å²) < 4.78 is 1.59. The quantitative estimate of drug-likeness (QED) is 0.451. The molecule has 0 aliphatic heterocycles. The van der Waals surface area contributed by atoms with Crippen LogP contribution < -0.4 is 5.32 Å². The molecule has 0 bridgehead atoms. The van der Waals surface area contributed by atoms with E-state index >= 15 is 0 Å². The summed E-state index contributed by atoms with van der Waals surface area (Å²) in [4.78, 5) is 17.2. The minimum absolute atomic E-state index is 0.0523. The number of carbonyl (C=O) groups is 1. The molecule has 1 aromatic heterocycles. The van der Waals surface area contributed by atoms with Crippen molar-refractivity contribution in [3.8, 4) is 17.1 Å². The molecular formula is C22H16Cl2N4O. The lowest BCUT2D eigenvalue weighted by atomic mass is 10.1. The van der Waals surface area contributed by atoms with Crippen LogP contribution in [0.3, 0.4) is 0 Å². The summed E-state index contributed by atoms with van der Waals surface area (Å²) in [6, 6.07) is 22.1. The summed E-state index contributed by atoms with van der Waals surface area (Å²) in [5.41, 5.74) is 3.23. The van der Waals surface area contributed by atoms with E-state index in [0.717, 1.165) is 11.1 Å². The van der Waals surface area contributed by atoms with Gasteiger partial charge in [0.15, 0.2) is 5.82 Å². The average molecular weight is 423 g/mol. The van der Waals surface area contributed by atoms with Crippen molar-refractivity contribution in [2.75, 3.05) is 5.32 Å². The number of aromatic nitrogens is 3. The number of rotatable bonds is 4. The monoisotopic (exact) mass is 422 g/mol. The second-order valence-corrected chi connectivity index (χ2v) is 7.27. The topological polar surface area (TPSA) is 59.8 Å². The molecule has 7 heteroatoms. The lowest BCUT2D eigenvalue weighted by Crippen LogP contribution is -2.14. The third kappa shape index (κ3) is 4.16. The highest BCUT2D eigenvalue weighted by atomic mass is 35.5. The fourth-order valence-electron chi connectivity index (χ4n) is 2.88. The molecule has 0 spiro atoms. The van der Waals surface area contributed by atoms with E-state index in [9.17, 15) is 4.79 Å². The zero-order chi connectivity index (χ0) is 20.4. The molecule has 0 aliphatic carbocycles. The zero-order valence-corrected chi connectivity index (χ0v) is 16.9. The van der Waals surface area contributed by atoms with Gasteiger partial charge in [-0.1, -0.05) is 65.2 Å². The van der Waals surface area contributed by atoms with Crippen LogP contribution in [0, 0.1) is 6.92 Å². The Morgan fingerprint density at radius 2 is 1.72 bits per heavy atom. The van der Waals surface area contributed by atoms with Crippen LogP contribution in [-0.2, 0) is 0 Å². The first-order valence-corrected chi connectivity index (χ1v) is 9.63. The first-order chi connectivity index (χ1) is 14.0. The van der Waals surface area contributed by atoms with Gasteiger partial charge < -0.3 is 5.32 Å². The van der Waals surface area contributed by atoms with Gasteiger partial charge in [0.2, 0.25) is 5.82 Å². The molecule has 0 unspecified atom stereocenters. The SMILES string of the molecule is Cc1cccc(-c2nc(C(=O)Nc3ccccc3)nn2-c2ccc(Cl)c(Cl)c2)c1. The summed E-state index contributed by atoms with van der Waals surface area (Å²) in [5.74, 6) is 0.186. The molecule has 0 saturated carbocycles. The van der Waals surface area contributed by atoms with E-state index in [4.69, 9.17) is 23.2 Å². The van der Waals surface area contributed by atoms with Gasteiger partial charge in [-0.25, -0.2) is 9.67 Å². The Bertz CT molecular complexity index is 1190. The molecule has 4 rings (SSSR count). The summed E-state index contributed by atoms with van der Waals surface area (Å²) in [5, 5.41) is 8.09. The number of hydrogen-bond acceptors (Lipinski definition) is 3. The molecule has 144 valence electrons. The molecule has 0 atom stereocenters. The van der Waals surface area contributed by atoms with Gasteiger partial charge >= 0.3 is 0 Å². The summed E-state index contributed by atoms with van der Waals surface area (Å²) in [7, 11) is 0. The minimum atomic E-state index is -0.399. The zero-order valence-electron chi connectivity index (χ0n) is 15.4. The third-order valence-corrected chi connectivity index (χ3v) is 5.00. The van der Waals surface area contributed by atoms with Crippen LogP contribution in [0.1, 0.15) is 16.2 Å². The van der Waals surface area contributed by atoms with E-state index in [-0.39, 0.29) is 5.82 Å². The fraction of sp³-hybridized carbons (Fsp3) is 0.0455. The maximum Gasteiger partial charge on any atom is 0.295 e. The number of para-hydroxylation sites is 1. The first kappa shape index (κ1) is 19.2. The molecule has 1 N–H and O–H groups in total. The number of nitrogens with one attached hydrogen (secondary N) is 1. The van der Waals surface area contributed by atoms with Crippen molar-refractivity contribution in [2.45, 2.75) is 6.92 Å². The van der Waals surface area contributed by atoms with Gasteiger partial charge in [0, 0.05) is 11.3 Å². The van der Waals surface area contributed by atoms with Crippen LogP contribution in [0.25, 0.3) is 17.1 Å². The molecule has 1 heterocycles. The van der Waals surface area contributed by atoms with E-state index in [1.807, 2.05) is 49.4 Å². The Labute approximate surface area is 177 Å². The van der Waals surface area contributed by atoms with Crippen molar-refractivity contribution in [1.29, 1.82) is 0 Å². The maximum absolute atomic E-state index is 12.7. The van der Waals surface area contributed by atoms with E-state index < -0.39 is 5.91 Å². The standard InChI is InChI=1S/C22H16Cl2N4O/c1-14-6-5-7-15(12-14)21-26-20(22(29)25-16-8-3-2-4-9-16)27-28(21)17-10-11-18(23)19(24)13-17/h2-13H,1H3,(H,25,29). The van der Waals surface area contributed by atoms with E-state index in [0.29, 0.717) is 27.2 Å². The van der Waals surface area contributed by atoms with Gasteiger partial charge in [-0.05, 0) is 43.3 Å². The number of aryl methyl sites for hydroxylation is 1. The number of anilines is 1. The maximum atomic E-state index is 12.7. The van der Waals surface area contributed by atoms with Crippen molar-refractivity contribution in [1.82, 2.24) is 14.8 Å². The number of halogens is 2. The number of benzene rings is 3. The molecule has 0 radical (unpaired) electrons. The Morgan fingerprint density at radius 3 is 2.45 bits per heavy atom. The second kappa shape index (κ2) is 8.07.